The van der Waals surface area contributed by atoms with E-state index in [1.165, 1.54) is 83.5 Å². The second kappa shape index (κ2) is 15.6. The molecule has 3 aliphatic carbocycles. The van der Waals surface area contributed by atoms with Crippen molar-refractivity contribution in [1.29, 1.82) is 0 Å². The van der Waals surface area contributed by atoms with Gasteiger partial charge in [-0.3, -0.25) is 4.79 Å². The molecule has 0 spiro atoms. The summed E-state index contributed by atoms with van der Waals surface area (Å²) in [6.07, 6.45) is 19.6. The van der Waals surface area contributed by atoms with E-state index in [4.69, 9.17) is 9.16 Å². The topological polar surface area (TPSA) is 35.5 Å². The number of ether oxygens (including phenoxy) is 1. The van der Waals surface area contributed by atoms with Gasteiger partial charge in [0.15, 0.2) is 0 Å². The van der Waals surface area contributed by atoms with E-state index in [0.717, 1.165) is 18.8 Å². The first kappa shape index (κ1) is 35.9. The Hall–Kier alpha value is -0.613. The monoisotopic (exact) mass is 602 g/mol. The molecule has 0 aromatic rings. The summed E-state index contributed by atoms with van der Waals surface area (Å²) in [7, 11) is -0.924. The van der Waals surface area contributed by atoms with Gasteiger partial charge in [-0.25, -0.2) is 0 Å². The largest absolute Gasteiger partial charge is 0.466 e. The maximum Gasteiger partial charge on any atom is 0.306 e. The van der Waals surface area contributed by atoms with Gasteiger partial charge in [0, 0.05) is 6.42 Å². The van der Waals surface area contributed by atoms with E-state index in [9.17, 15) is 4.79 Å². The van der Waals surface area contributed by atoms with Gasteiger partial charge in [0.25, 0.3) is 0 Å². The van der Waals surface area contributed by atoms with Crippen LogP contribution in [-0.2, 0) is 14.0 Å². The maximum atomic E-state index is 12.7. The van der Waals surface area contributed by atoms with Gasteiger partial charge in [-0.05, 0) is 97.5 Å². The summed E-state index contributed by atoms with van der Waals surface area (Å²) < 4.78 is 12.9. The van der Waals surface area contributed by atoms with Gasteiger partial charge in [0.2, 0.25) is 9.04 Å². The average molecular weight is 602 g/mol. The van der Waals surface area contributed by atoms with E-state index in [1.807, 2.05) is 0 Å². The molecule has 3 unspecified atom stereocenters. The number of hydrogen-bond acceptors (Lipinski definition) is 3. The number of esters is 1. The van der Waals surface area contributed by atoms with Crippen LogP contribution in [0.1, 0.15) is 172 Å². The van der Waals surface area contributed by atoms with Gasteiger partial charge >= 0.3 is 5.97 Å². The summed E-state index contributed by atoms with van der Waals surface area (Å²) >= 11 is 0. The van der Waals surface area contributed by atoms with Crippen LogP contribution in [0, 0.1) is 28.6 Å². The molecular formula is C38H69O3Si. The summed E-state index contributed by atoms with van der Waals surface area (Å²) in [5.41, 5.74) is 4.37. The highest BCUT2D eigenvalue weighted by atomic mass is 28.3. The van der Waals surface area contributed by atoms with Crippen molar-refractivity contribution in [3.8, 4) is 0 Å². The Kier molecular flexibility index (Phi) is 13.3. The Morgan fingerprint density at radius 2 is 1.60 bits per heavy atom. The molecule has 5 atom stereocenters. The normalized spacial score (nSPS) is 29.5. The van der Waals surface area contributed by atoms with E-state index < -0.39 is 9.04 Å². The molecule has 2 fully saturated rings. The van der Waals surface area contributed by atoms with Crippen molar-refractivity contribution in [3.63, 3.8) is 0 Å². The zero-order valence-electron chi connectivity index (χ0n) is 29.6. The fourth-order valence-electron chi connectivity index (χ4n) is 9.68. The molecule has 3 aliphatic rings. The lowest BCUT2D eigenvalue weighted by Gasteiger charge is -2.63. The number of carbonyl (C=O) groups excluding carboxylic acids is 1. The number of unbranched alkanes of at least 4 members (excludes halogenated alkanes) is 7. The highest BCUT2D eigenvalue weighted by molar-refractivity contribution is 6.56. The molecule has 3 nitrogen and oxygen atoms in total. The van der Waals surface area contributed by atoms with Crippen molar-refractivity contribution >= 4 is 15.0 Å². The minimum Gasteiger partial charge on any atom is -0.466 e. The molecule has 0 aromatic heterocycles. The molecule has 0 bridgehead atoms. The van der Waals surface area contributed by atoms with Crippen molar-refractivity contribution in [2.24, 2.45) is 28.6 Å². The summed E-state index contributed by atoms with van der Waals surface area (Å²) in [5, 5.41) is 0.253. The number of hydrogen-bond donors (Lipinski definition) is 0. The summed E-state index contributed by atoms with van der Waals surface area (Å²) in [5.74, 6) is 2.11. The molecule has 0 heterocycles. The van der Waals surface area contributed by atoms with Crippen LogP contribution in [0.25, 0.3) is 0 Å². The minimum absolute atomic E-state index is 0.0145. The van der Waals surface area contributed by atoms with Crippen molar-refractivity contribution < 1.29 is 14.0 Å². The standard InChI is InChI=1S/C38H69O3Si/c1-11-12-13-14-15-16-17-18-27-40-35(39)24-21-30-29(4)19-22-32-31(30)20-23-33-37(8,9)34(25-26-38(32,33)10)41-42(28(2)3)36(5,6)7/h28,31-34H,11-27H2,1-10H3/t31?,32?,33?,34-,38+/m0/s1. The molecule has 0 aliphatic heterocycles. The predicted octanol–water partition coefficient (Wildman–Crippen LogP) is 11.6. The lowest BCUT2D eigenvalue weighted by molar-refractivity contribution is -0.145. The first-order valence-corrected chi connectivity index (χ1v) is 19.6. The van der Waals surface area contributed by atoms with Crippen LogP contribution in [0.3, 0.4) is 0 Å². The Balaban J connectivity index is 1.55. The lowest BCUT2D eigenvalue weighted by atomic mass is 9.43. The number of allylic oxidation sites excluding steroid dienone is 2. The highest BCUT2D eigenvalue weighted by Crippen LogP contribution is 2.65. The fraction of sp³-hybridized carbons (Fsp3) is 0.921. The zero-order chi connectivity index (χ0) is 31.1. The van der Waals surface area contributed by atoms with Gasteiger partial charge < -0.3 is 9.16 Å². The Morgan fingerprint density at radius 1 is 0.952 bits per heavy atom. The summed E-state index contributed by atoms with van der Waals surface area (Å²) in [4.78, 5) is 12.7. The van der Waals surface area contributed by atoms with Crippen LogP contribution in [-0.4, -0.2) is 27.7 Å². The smallest absolute Gasteiger partial charge is 0.306 e. The van der Waals surface area contributed by atoms with E-state index >= 15 is 0 Å². The second-order valence-corrected chi connectivity index (χ2v) is 20.2. The lowest BCUT2D eigenvalue weighted by Crippen LogP contribution is -2.58. The molecule has 243 valence electrons. The molecule has 0 N–H and O–H groups in total. The minimum atomic E-state index is -0.924. The highest BCUT2D eigenvalue weighted by Gasteiger charge is 2.59. The van der Waals surface area contributed by atoms with Crippen LogP contribution in [0.5, 0.6) is 0 Å². The molecule has 0 amide bonds. The third-order valence-electron chi connectivity index (χ3n) is 11.8. The first-order chi connectivity index (χ1) is 19.7. The van der Waals surface area contributed by atoms with Crippen molar-refractivity contribution in [1.82, 2.24) is 0 Å². The molecule has 2 saturated carbocycles. The van der Waals surface area contributed by atoms with E-state index in [1.54, 1.807) is 11.1 Å². The van der Waals surface area contributed by atoms with E-state index in [2.05, 4.69) is 69.2 Å². The average Bonchev–Trinajstić information content (AvgIpc) is 2.90. The van der Waals surface area contributed by atoms with Gasteiger partial charge in [-0.2, -0.15) is 0 Å². The Bertz CT molecular complexity index is 883. The molecule has 0 saturated heterocycles. The van der Waals surface area contributed by atoms with Crippen molar-refractivity contribution in [3.05, 3.63) is 11.1 Å². The van der Waals surface area contributed by atoms with Crippen LogP contribution in [0.15, 0.2) is 11.1 Å². The summed E-state index contributed by atoms with van der Waals surface area (Å²) in [6.45, 7) is 24.8. The third-order valence-corrected chi connectivity index (χ3v) is 14.9. The summed E-state index contributed by atoms with van der Waals surface area (Å²) in [6, 6.07) is 0. The maximum absolute atomic E-state index is 12.7. The van der Waals surface area contributed by atoms with Gasteiger partial charge in [0.1, 0.15) is 0 Å². The van der Waals surface area contributed by atoms with Crippen molar-refractivity contribution in [2.75, 3.05) is 6.61 Å². The second-order valence-electron chi connectivity index (χ2n) is 16.6. The third kappa shape index (κ3) is 8.76. The predicted molar refractivity (Wildman–Crippen MR) is 181 cm³/mol. The Morgan fingerprint density at radius 3 is 2.21 bits per heavy atom. The van der Waals surface area contributed by atoms with E-state index in [0.29, 0.717) is 41.9 Å². The number of carbonyl (C=O) groups is 1. The fourth-order valence-corrected chi connectivity index (χ4v) is 12.8. The van der Waals surface area contributed by atoms with Gasteiger partial charge in [0.05, 0.1) is 12.7 Å². The molecule has 0 aromatic carbocycles. The SMILES string of the molecule is CCCCCCCCCCOC(=O)CCC1=C(C)CCC2C1CCC1C(C)(C)[C@@H](O[Si](C(C)C)C(C)(C)C)CC[C@]21C. The molecule has 4 heteroatoms. The van der Waals surface area contributed by atoms with Crippen LogP contribution < -0.4 is 0 Å². The quantitative estimate of drug-likeness (QED) is 0.0810. The molecule has 42 heavy (non-hydrogen) atoms. The molecule has 3 rings (SSSR count). The van der Waals surface area contributed by atoms with Crippen molar-refractivity contribution in [2.45, 2.75) is 189 Å². The van der Waals surface area contributed by atoms with Crippen LogP contribution in [0.2, 0.25) is 10.6 Å². The van der Waals surface area contributed by atoms with Gasteiger partial charge in [-0.15, -0.1) is 0 Å². The first-order valence-electron chi connectivity index (χ1n) is 18.1. The van der Waals surface area contributed by atoms with Crippen LogP contribution >= 0.6 is 0 Å². The van der Waals surface area contributed by atoms with Gasteiger partial charge in [-0.1, -0.05) is 118 Å². The number of rotatable bonds is 15. The Labute approximate surface area is 263 Å². The van der Waals surface area contributed by atoms with E-state index in [-0.39, 0.29) is 16.4 Å². The van der Waals surface area contributed by atoms with Crippen LogP contribution in [0.4, 0.5) is 0 Å². The molecule has 1 radical (unpaired) electrons. The number of fused-ring (bicyclic) bond motifs is 3. The zero-order valence-corrected chi connectivity index (χ0v) is 30.6. The molecular weight excluding hydrogens is 533 g/mol.